The van der Waals surface area contributed by atoms with Crippen molar-refractivity contribution in [3.05, 3.63) is 29.8 Å². The SMILES string of the molecule is CC(C)(C)c1cccc(OCCC(=N)N)c1. The van der Waals surface area contributed by atoms with Crippen LogP contribution in [0.4, 0.5) is 0 Å². The Morgan fingerprint density at radius 1 is 1.38 bits per heavy atom. The fourth-order valence-electron chi connectivity index (χ4n) is 1.33. The van der Waals surface area contributed by atoms with Crippen molar-refractivity contribution in [2.45, 2.75) is 32.6 Å². The third-order valence-electron chi connectivity index (χ3n) is 2.34. The number of nitrogens with two attached hydrogens (primary N) is 1. The zero-order chi connectivity index (χ0) is 12.2. The minimum absolute atomic E-state index is 0.125. The summed E-state index contributed by atoms with van der Waals surface area (Å²) in [6.45, 7) is 6.97. The van der Waals surface area contributed by atoms with Gasteiger partial charge >= 0.3 is 0 Å². The standard InChI is InChI=1S/C13H20N2O/c1-13(2,3)10-5-4-6-11(9-10)16-8-7-12(14)15/h4-6,9H,7-8H2,1-3H3,(H3,14,15). The molecular weight excluding hydrogens is 200 g/mol. The van der Waals surface area contributed by atoms with Crippen LogP contribution in [0.2, 0.25) is 0 Å². The van der Waals surface area contributed by atoms with Gasteiger partial charge in [0.25, 0.3) is 0 Å². The molecule has 0 heterocycles. The molecule has 16 heavy (non-hydrogen) atoms. The predicted octanol–water partition coefficient (Wildman–Crippen LogP) is 2.69. The van der Waals surface area contributed by atoms with Gasteiger partial charge < -0.3 is 10.5 Å². The molecule has 3 heteroatoms. The summed E-state index contributed by atoms with van der Waals surface area (Å²) in [5.41, 5.74) is 6.63. The molecule has 1 aromatic carbocycles. The maximum Gasteiger partial charge on any atom is 0.119 e. The molecule has 0 aliphatic rings. The van der Waals surface area contributed by atoms with E-state index < -0.39 is 0 Å². The number of rotatable bonds is 4. The van der Waals surface area contributed by atoms with Crippen LogP contribution in [0, 0.1) is 5.41 Å². The number of ether oxygens (including phenoxy) is 1. The first-order valence-electron chi connectivity index (χ1n) is 5.46. The first-order chi connectivity index (χ1) is 7.39. The monoisotopic (exact) mass is 220 g/mol. The highest BCUT2D eigenvalue weighted by atomic mass is 16.5. The summed E-state index contributed by atoms with van der Waals surface area (Å²) in [5.74, 6) is 1.00. The lowest BCUT2D eigenvalue weighted by atomic mass is 9.87. The summed E-state index contributed by atoms with van der Waals surface area (Å²) in [5, 5.41) is 7.10. The van der Waals surface area contributed by atoms with E-state index in [1.54, 1.807) is 0 Å². The number of amidine groups is 1. The van der Waals surface area contributed by atoms with E-state index in [9.17, 15) is 0 Å². The summed E-state index contributed by atoms with van der Waals surface area (Å²) < 4.78 is 5.53. The van der Waals surface area contributed by atoms with Crippen LogP contribution in [0.3, 0.4) is 0 Å². The molecule has 0 unspecified atom stereocenters. The molecular formula is C13H20N2O. The maximum absolute atomic E-state index is 7.10. The number of hydrogen-bond acceptors (Lipinski definition) is 2. The lowest BCUT2D eigenvalue weighted by molar-refractivity contribution is 0.327. The zero-order valence-corrected chi connectivity index (χ0v) is 10.2. The van der Waals surface area contributed by atoms with E-state index in [1.165, 1.54) is 5.56 Å². The summed E-state index contributed by atoms with van der Waals surface area (Å²) in [4.78, 5) is 0. The largest absolute Gasteiger partial charge is 0.493 e. The molecule has 0 aromatic heterocycles. The normalized spacial score (nSPS) is 11.2. The molecule has 0 aliphatic heterocycles. The first-order valence-corrected chi connectivity index (χ1v) is 5.46. The van der Waals surface area contributed by atoms with Crippen molar-refractivity contribution in [3.63, 3.8) is 0 Å². The van der Waals surface area contributed by atoms with Crippen LogP contribution in [0.15, 0.2) is 24.3 Å². The lowest BCUT2D eigenvalue weighted by Crippen LogP contribution is -2.14. The molecule has 88 valence electrons. The van der Waals surface area contributed by atoms with Crippen molar-refractivity contribution in [3.8, 4) is 5.75 Å². The van der Waals surface area contributed by atoms with Crippen molar-refractivity contribution in [1.82, 2.24) is 0 Å². The van der Waals surface area contributed by atoms with Crippen LogP contribution in [0.1, 0.15) is 32.8 Å². The highest BCUT2D eigenvalue weighted by Gasteiger charge is 2.13. The van der Waals surface area contributed by atoms with Crippen molar-refractivity contribution >= 4 is 5.84 Å². The average Bonchev–Trinajstić information content (AvgIpc) is 2.16. The average molecular weight is 220 g/mol. The lowest BCUT2D eigenvalue weighted by Gasteiger charge is -2.19. The molecule has 0 amide bonds. The minimum Gasteiger partial charge on any atom is -0.493 e. The molecule has 0 bridgehead atoms. The van der Waals surface area contributed by atoms with E-state index in [0.29, 0.717) is 13.0 Å². The fourth-order valence-corrected chi connectivity index (χ4v) is 1.33. The fraction of sp³-hybridized carbons (Fsp3) is 0.462. The molecule has 1 aromatic rings. The molecule has 0 saturated carbocycles. The van der Waals surface area contributed by atoms with E-state index in [2.05, 4.69) is 26.8 Å². The molecule has 0 aliphatic carbocycles. The van der Waals surface area contributed by atoms with E-state index in [-0.39, 0.29) is 11.3 Å². The van der Waals surface area contributed by atoms with Crippen molar-refractivity contribution in [1.29, 1.82) is 5.41 Å². The van der Waals surface area contributed by atoms with Gasteiger partial charge in [0.05, 0.1) is 12.4 Å². The van der Waals surface area contributed by atoms with Gasteiger partial charge in [-0.25, -0.2) is 0 Å². The highest BCUT2D eigenvalue weighted by Crippen LogP contribution is 2.25. The van der Waals surface area contributed by atoms with Gasteiger partial charge in [-0.1, -0.05) is 32.9 Å². The van der Waals surface area contributed by atoms with Gasteiger partial charge in [0.1, 0.15) is 5.75 Å². The Bertz CT molecular complexity index is 366. The van der Waals surface area contributed by atoms with Crippen LogP contribution in [-0.2, 0) is 5.41 Å². The van der Waals surface area contributed by atoms with Gasteiger partial charge in [-0.3, -0.25) is 5.41 Å². The molecule has 1 rings (SSSR count). The molecule has 0 atom stereocenters. The van der Waals surface area contributed by atoms with Gasteiger partial charge in [0.2, 0.25) is 0 Å². The summed E-state index contributed by atoms with van der Waals surface area (Å²) >= 11 is 0. The van der Waals surface area contributed by atoms with Crippen molar-refractivity contribution < 1.29 is 4.74 Å². The number of hydrogen-bond donors (Lipinski definition) is 2. The second-order valence-electron chi connectivity index (χ2n) is 4.90. The van der Waals surface area contributed by atoms with E-state index in [0.717, 1.165) is 5.75 Å². The third kappa shape index (κ3) is 3.93. The molecule has 0 fully saturated rings. The van der Waals surface area contributed by atoms with E-state index >= 15 is 0 Å². The molecule has 0 spiro atoms. The first kappa shape index (κ1) is 12.6. The Morgan fingerprint density at radius 3 is 2.62 bits per heavy atom. The Kier molecular flexibility index (Phi) is 3.93. The zero-order valence-electron chi connectivity index (χ0n) is 10.2. The third-order valence-corrected chi connectivity index (χ3v) is 2.34. The minimum atomic E-state index is 0.125. The number of benzene rings is 1. The van der Waals surface area contributed by atoms with Gasteiger partial charge in [-0.2, -0.15) is 0 Å². The van der Waals surface area contributed by atoms with E-state index in [1.807, 2.05) is 18.2 Å². The summed E-state index contributed by atoms with van der Waals surface area (Å²) in [6, 6.07) is 8.05. The van der Waals surface area contributed by atoms with Gasteiger partial charge in [0.15, 0.2) is 0 Å². The van der Waals surface area contributed by atoms with E-state index in [4.69, 9.17) is 15.9 Å². The molecule has 3 nitrogen and oxygen atoms in total. The van der Waals surface area contributed by atoms with Crippen LogP contribution in [0.5, 0.6) is 5.75 Å². The Morgan fingerprint density at radius 2 is 2.06 bits per heavy atom. The van der Waals surface area contributed by atoms with Gasteiger partial charge in [0, 0.05) is 6.42 Å². The Balaban J connectivity index is 2.64. The second-order valence-corrected chi connectivity index (χ2v) is 4.90. The van der Waals surface area contributed by atoms with Crippen molar-refractivity contribution in [2.24, 2.45) is 5.73 Å². The summed E-state index contributed by atoms with van der Waals surface area (Å²) in [6.07, 6.45) is 0.472. The predicted molar refractivity (Wildman–Crippen MR) is 67.2 cm³/mol. The highest BCUT2D eigenvalue weighted by molar-refractivity contribution is 5.76. The molecule has 0 radical (unpaired) electrons. The van der Waals surface area contributed by atoms with Crippen LogP contribution < -0.4 is 10.5 Å². The topological polar surface area (TPSA) is 59.1 Å². The van der Waals surface area contributed by atoms with Crippen LogP contribution >= 0.6 is 0 Å². The Hall–Kier alpha value is -1.51. The smallest absolute Gasteiger partial charge is 0.119 e. The van der Waals surface area contributed by atoms with Crippen LogP contribution in [0.25, 0.3) is 0 Å². The van der Waals surface area contributed by atoms with Crippen molar-refractivity contribution in [2.75, 3.05) is 6.61 Å². The Labute approximate surface area is 97.1 Å². The maximum atomic E-state index is 7.10. The molecule has 0 saturated heterocycles. The summed E-state index contributed by atoms with van der Waals surface area (Å²) in [7, 11) is 0. The van der Waals surface area contributed by atoms with Gasteiger partial charge in [-0.15, -0.1) is 0 Å². The van der Waals surface area contributed by atoms with Gasteiger partial charge in [-0.05, 0) is 23.1 Å². The quantitative estimate of drug-likeness (QED) is 0.605. The number of nitrogens with one attached hydrogen (secondary N) is 1. The van der Waals surface area contributed by atoms with Crippen LogP contribution in [-0.4, -0.2) is 12.4 Å². The second kappa shape index (κ2) is 5.01. The molecule has 3 N–H and O–H groups in total.